The highest BCUT2D eigenvalue weighted by Gasteiger charge is 2.52. The van der Waals surface area contributed by atoms with Crippen LogP contribution in [0, 0.1) is 0 Å². The summed E-state index contributed by atoms with van der Waals surface area (Å²) in [6.07, 6.45) is 0. The van der Waals surface area contributed by atoms with Gasteiger partial charge in [0, 0.05) is 27.7 Å². The second-order valence-electron chi connectivity index (χ2n) is 19.5. The number of anilines is 3. The van der Waals surface area contributed by atoms with Crippen LogP contribution in [0.15, 0.2) is 253 Å². The van der Waals surface area contributed by atoms with E-state index in [0.29, 0.717) is 0 Å². The van der Waals surface area contributed by atoms with Crippen LogP contribution in [0.25, 0.3) is 109 Å². The topological polar surface area (TPSA) is 16.4 Å². The normalized spacial score (nSPS) is 13.2. The molecule has 0 aliphatic heterocycles. The van der Waals surface area contributed by atoms with Crippen LogP contribution in [0.4, 0.5) is 17.1 Å². The summed E-state index contributed by atoms with van der Waals surface area (Å²) in [7, 11) is 0. The van der Waals surface area contributed by atoms with Crippen LogP contribution in [0.3, 0.4) is 0 Å². The fourth-order valence-corrected chi connectivity index (χ4v) is 13.0. The zero-order valence-electron chi connectivity index (χ0n) is 38.5. The number of furan rings is 1. The molecule has 71 heavy (non-hydrogen) atoms. The SMILES string of the molecule is c1ccc2c(c1)-c1ccccc1C21c2ccccc2-c2cc(-c3ccc4oc5ccccc5c4c3)c(N(c3ccc4ccc5ccccc5c4c3)c3ccc4c5ccccc5c5ccccc5c4c3)cc21. The van der Waals surface area contributed by atoms with Gasteiger partial charge in [-0.15, -0.1) is 0 Å². The predicted octanol–water partition coefficient (Wildman–Crippen LogP) is 18.8. The zero-order chi connectivity index (χ0) is 46.4. The summed E-state index contributed by atoms with van der Waals surface area (Å²) >= 11 is 0. The first-order valence-electron chi connectivity index (χ1n) is 24.7. The van der Waals surface area contributed by atoms with Gasteiger partial charge in [0.2, 0.25) is 0 Å². The van der Waals surface area contributed by atoms with Gasteiger partial charge in [-0.3, -0.25) is 0 Å². The minimum atomic E-state index is -0.541. The van der Waals surface area contributed by atoms with E-state index in [1.54, 1.807) is 0 Å². The molecule has 1 spiro atoms. The van der Waals surface area contributed by atoms with Crippen molar-refractivity contribution < 1.29 is 4.42 Å². The smallest absolute Gasteiger partial charge is 0.135 e. The van der Waals surface area contributed by atoms with Crippen LogP contribution in [-0.2, 0) is 5.41 Å². The van der Waals surface area contributed by atoms with Crippen molar-refractivity contribution in [3.63, 3.8) is 0 Å². The second kappa shape index (κ2) is 14.4. The summed E-state index contributed by atoms with van der Waals surface area (Å²) in [6.45, 7) is 0. The van der Waals surface area contributed by atoms with Crippen molar-refractivity contribution in [2.45, 2.75) is 5.41 Å². The molecule has 0 unspecified atom stereocenters. The number of para-hydroxylation sites is 1. The van der Waals surface area contributed by atoms with Crippen molar-refractivity contribution in [2.75, 3.05) is 4.90 Å². The number of hydrogen-bond donors (Lipinski definition) is 0. The maximum atomic E-state index is 6.48. The molecule has 0 atom stereocenters. The molecular weight excluding hydrogens is 859 g/mol. The Hall–Kier alpha value is -9.24. The minimum absolute atomic E-state index is 0.541. The molecule has 16 rings (SSSR count). The average molecular weight is 900 g/mol. The first-order valence-corrected chi connectivity index (χ1v) is 24.7. The van der Waals surface area contributed by atoms with E-state index >= 15 is 0 Å². The fourth-order valence-electron chi connectivity index (χ4n) is 13.0. The predicted molar refractivity (Wildman–Crippen MR) is 298 cm³/mol. The minimum Gasteiger partial charge on any atom is -0.456 e. The molecule has 0 amide bonds. The van der Waals surface area contributed by atoms with Gasteiger partial charge in [0.05, 0.1) is 11.1 Å². The van der Waals surface area contributed by atoms with Crippen molar-refractivity contribution >= 4 is 92.9 Å². The van der Waals surface area contributed by atoms with Crippen molar-refractivity contribution in [3.8, 4) is 33.4 Å². The largest absolute Gasteiger partial charge is 0.456 e. The van der Waals surface area contributed by atoms with Gasteiger partial charge < -0.3 is 9.32 Å². The number of fused-ring (bicyclic) bond motifs is 22. The monoisotopic (exact) mass is 899 g/mol. The molecule has 2 aliphatic rings. The second-order valence-corrected chi connectivity index (χ2v) is 19.5. The van der Waals surface area contributed by atoms with E-state index in [1.165, 1.54) is 98.4 Å². The van der Waals surface area contributed by atoms with Crippen molar-refractivity contribution in [3.05, 3.63) is 271 Å². The fraction of sp³-hybridized carbons (Fsp3) is 0.0145. The van der Waals surface area contributed by atoms with E-state index < -0.39 is 5.41 Å². The first-order chi connectivity index (χ1) is 35.2. The van der Waals surface area contributed by atoms with E-state index in [4.69, 9.17) is 4.42 Å². The maximum Gasteiger partial charge on any atom is 0.135 e. The van der Waals surface area contributed by atoms with Gasteiger partial charge in [-0.05, 0) is 159 Å². The van der Waals surface area contributed by atoms with Crippen LogP contribution in [0.1, 0.15) is 22.3 Å². The highest BCUT2D eigenvalue weighted by Crippen LogP contribution is 2.64. The lowest BCUT2D eigenvalue weighted by Gasteiger charge is -2.33. The third-order valence-electron chi connectivity index (χ3n) is 16.0. The summed E-state index contributed by atoms with van der Waals surface area (Å²) < 4.78 is 6.48. The molecule has 13 aromatic carbocycles. The van der Waals surface area contributed by atoms with Crippen LogP contribution in [0.5, 0.6) is 0 Å². The molecule has 0 saturated carbocycles. The first kappa shape index (κ1) is 38.7. The van der Waals surface area contributed by atoms with E-state index in [2.05, 4.69) is 254 Å². The quantitative estimate of drug-likeness (QED) is 0.164. The molecule has 328 valence electrons. The molecule has 0 radical (unpaired) electrons. The lowest BCUT2D eigenvalue weighted by atomic mass is 9.70. The number of hydrogen-bond acceptors (Lipinski definition) is 2. The molecular formula is C69H41NO. The van der Waals surface area contributed by atoms with Gasteiger partial charge in [-0.25, -0.2) is 0 Å². The third kappa shape index (κ3) is 5.26. The average Bonchev–Trinajstić information content (AvgIpc) is 4.08. The third-order valence-corrected chi connectivity index (χ3v) is 16.0. The molecule has 1 heterocycles. The van der Waals surface area contributed by atoms with Crippen molar-refractivity contribution in [1.29, 1.82) is 0 Å². The van der Waals surface area contributed by atoms with E-state index in [-0.39, 0.29) is 0 Å². The molecule has 0 bridgehead atoms. The lowest BCUT2D eigenvalue weighted by Crippen LogP contribution is -2.26. The molecule has 1 aromatic heterocycles. The Morgan fingerprint density at radius 1 is 0.268 bits per heavy atom. The van der Waals surface area contributed by atoms with Crippen molar-refractivity contribution in [2.24, 2.45) is 0 Å². The lowest BCUT2D eigenvalue weighted by molar-refractivity contribution is 0.669. The Balaban J connectivity index is 1.07. The van der Waals surface area contributed by atoms with Gasteiger partial charge in [-0.1, -0.05) is 194 Å². The molecule has 0 fully saturated rings. The standard InChI is InChI=1S/C69H41NO/c1-2-16-47-42(15-1)29-30-43-31-33-45(38-57(43)47)70(46-34-35-52-50-19-4-3-17-48(50)49-18-5-6-20-51(49)59(52)39-46)66-41-65-60(40-58(66)44-32-36-68-61(37-44)56-24-10-14-28-67(56)71-68)55-23-9-13-27-64(55)69(65)62-25-11-7-21-53(62)54-22-8-12-26-63(54)69/h1-41H. The summed E-state index contributed by atoms with van der Waals surface area (Å²) in [5.41, 5.74) is 17.1. The molecule has 0 saturated heterocycles. The van der Waals surface area contributed by atoms with Crippen molar-refractivity contribution in [1.82, 2.24) is 0 Å². The summed E-state index contributed by atoms with van der Waals surface area (Å²) in [4.78, 5) is 2.56. The van der Waals surface area contributed by atoms with E-state index in [1.807, 2.05) is 0 Å². The van der Waals surface area contributed by atoms with Crippen LogP contribution in [-0.4, -0.2) is 0 Å². The summed E-state index contributed by atoms with van der Waals surface area (Å²) in [6, 6.07) is 92.9. The van der Waals surface area contributed by atoms with Gasteiger partial charge in [0.25, 0.3) is 0 Å². The van der Waals surface area contributed by atoms with Crippen LogP contribution >= 0.6 is 0 Å². The zero-order valence-corrected chi connectivity index (χ0v) is 38.5. The molecule has 0 N–H and O–H groups in total. The summed E-state index contributed by atoms with van der Waals surface area (Å²) in [5, 5.41) is 14.6. The molecule has 2 aliphatic carbocycles. The molecule has 14 aromatic rings. The van der Waals surface area contributed by atoms with Crippen LogP contribution in [0.2, 0.25) is 0 Å². The number of rotatable bonds is 4. The molecule has 2 nitrogen and oxygen atoms in total. The Bertz CT molecular complexity index is 4530. The van der Waals surface area contributed by atoms with E-state index in [0.717, 1.165) is 50.1 Å². The Kier molecular flexibility index (Phi) is 7.85. The Labute approximate surface area is 409 Å². The number of benzene rings is 13. The maximum absolute atomic E-state index is 6.48. The highest BCUT2D eigenvalue weighted by molar-refractivity contribution is 6.26. The van der Waals surface area contributed by atoms with Gasteiger partial charge in [0.1, 0.15) is 11.2 Å². The van der Waals surface area contributed by atoms with Gasteiger partial charge in [-0.2, -0.15) is 0 Å². The van der Waals surface area contributed by atoms with Gasteiger partial charge in [0.15, 0.2) is 0 Å². The number of nitrogens with zero attached hydrogens (tertiary/aromatic N) is 1. The Morgan fingerprint density at radius 2 is 0.746 bits per heavy atom. The van der Waals surface area contributed by atoms with E-state index in [9.17, 15) is 0 Å². The molecule has 2 heteroatoms. The Morgan fingerprint density at radius 3 is 1.42 bits per heavy atom. The summed E-state index contributed by atoms with van der Waals surface area (Å²) in [5.74, 6) is 0. The van der Waals surface area contributed by atoms with Crippen LogP contribution < -0.4 is 4.90 Å². The van der Waals surface area contributed by atoms with Gasteiger partial charge >= 0.3 is 0 Å². The highest BCUT2D eigenvalue weighted by atomic mass is 16.3.